The van der Waals surface area contributed by atoms with Crippen molar-refractivity contribution in [1.82, 2.24) is 10.1 Å². The number of anilines is 1. The highest BCUT2D eigenvalue weighted by Gasteiger charge is 2.13. The van der Waals surface area contributed by atoms with Crippen LogP contribution in [-0.2, 0) is 10.5 Å². The lowest BCUT2D eigenvalue weighted by Crippen LogP contribution is -2.14. The van der Waals surface area contributed by atoms with Gasteiger partial charge in [-0.15, -0.1) is 11.8 Å². The molecule has 0 aliphatic rings. The van der Waals surface area contributed by atoms with Crippen LogP contribution in [0.25, 0.3) is 11.4 Å². The van der Waals surface area contributed by atoms with E-state index in [4.69, 9.17) is 14.5 Å². The van der Waals surface area contributed by atoms with Crippen LogP contribution < -0.4 is 10.1 Å². The van der Waals surface area contributed by atoms with Gasteiger partial charge >= 0.3 is 0 Å². The number of benzene rings is 2. The second-order valence-corrected chi connectivity index (χ2v) is 6.66. The van der Waals surface area contributed by atoms with Crippen molar-refractivity contribution in [3.63, 3.8) is 0 Å². The largest absolute Gasteiger partial charge is 0.493 e. The third-order valence-corrected chi connectivity index (χ3v) is 4.55. The van der Waals surface area contributed by atoms with Crippen molar-refractivity contribution >= 4 is 23.4 Å². The summed E-state index contributed by atoms with van der Waals surface area (Å²) in [6.07, 6.45) is 0. The second kappa shape index (κ2) is 9.58. The van der Waals surface area contributed by atoms with Gasteiger partial charge in [-0.3, -0.25) is 4.79 Å². The molecule has 0 fully saturated rings. The van der Waals surface area contributed by atoms with Gasteiger partial charge in [0.2, 0.25) is 17.6 Å². The summed E-state index contributed by atoms with van der Waals surface area (Å²) < 4.78 is 10.9. The molecular formula is C20H18N4O3S. The number of carbonyl (C=O) groups is 1. The predicted octanol–water partition coefficient (Wildman–Crippen LogP) is 3.88. The highest BCUT2D eigenvalue weighted by Crippen LogP contribution is 2.28. The smallest absolute Gasteiger partial charge is 0.236 e. The predicted molar refractivity (Wildman–Crippen MR) is 107 cm³/mol. The lowest BCUT2D eigenvalue weighted by Gasteiger charge is -2.06. The minimum Gasteiger partial charge on any atom is -0.493 e. The number of hydrogen-bond donors (Lipinski definition) is 1. The van der Waals surface area contributed by atoms with E-state index in [9.17, 15) is 4.79 Å². The summed E-state index contributed by atoms with van der Waals surface area (Å²) in [6, 6.07) is 16.3. The Hall–Kier alpha value is -3.31. The number of aromatic nitrogens is 2. The molecule has 0 atom stereocenters. The molecule has 0 aliphatic heterocycles. The highest BCUT2D eigenvalue weighted by molar-refractivity contribution is 7.99. The molecule has 1 heterocycles. The zero-order chi connectivity index (χ0) is 19.8. The van der Waals surface area contributed by atoms with Crippen molar-refractivity contribution < 1.29 is 14.1 Å². The third-order valence-electron chi connectivity index (χ3n) is 3.63. The molecule has 0 bridgehead atoms. The van der Waals surface area contributed by atoms with Gasteiger partial charge in [-0.25, -0.2) is 0 Å². The number of hydrogen-bond acceptors (Lipinski definition) is 7. The molecule has 0 unspecified atom stereocenters. The van der Waals surface area contributed by atoms with Crippen LogP contribution in [0.4, 0.5) is 5.69 Å². The van der Waals surface area contributed by atoms with E-state index in [2.05, 4.69) is 15.5 Å². The summed E-state index contributed by atoms with van der Waals surface area (Å²) in [5.41, 5.74) is 1.85. The molecule has 0 aliphatic carbocycles. The Balaban J connectivity index is 1.53. The topological polar surface area (TPSA) is 101 Å². The number of carbonyl (C=O) groups excluding carboxylic acids is 1. The molecule has 0 saturated heterocycles. The number of thioether (sulfide) groups is 1. The number of para-hydroxylation sites is 1. The number of ether oxygens (including phenoxy) is 1. The van der Waals surface area contributed by atoms with Crippen LogP contribution >= 0.6 is 11.8 Å². The van der Waals surface area contributed by atoms with E-state index in [-0.39, 0.29) is 11.7 Å². The third kappa shape index (κ3) is 5.11. The molecule has 2 aromatic carbocycles. The maximum atomic E-state index is 12.0. The average molecular weight is 394 g/mol. The first-order valence-electron chi connectivity index (χ1n) is 8.62. The number of nitrogens with one attached hydrogen (secondary N) is 1. The second-order valence-electron chi connectivity index (χ2n) is 5.67. The van der Waals surface area contributed by atoms with Gasteiger partial charge in [0.05, 0.1) is 35.3 Å². The van der Waals surface area contributed by atoms with Crippen LogP contribution in [0.3, 0.4) is 0 Å². The van der Waals surface area contributed by atoms with Gasteiger partial charge in [0.1, 0.15) is 5.75 Å². The Morgan fingerprint density at radius 3 is 2.96 bits per heavy atom. The standard InChI is InChI=1S/C20H18N4O3S/c1-2-26-17-9-4-3-8-16(17)20-23-19(27-24-20)13-28-12-18(25)22-15-7-5-6-14(10-15)11-21/h3-10H,2,12-13H2,1H3,(H,22,25). The molecule has 28 heavy (non-hydrogen) atoms. The zero-order valence-electron chi connectivity index (χ0n) is 15.2. The van der Waals surface area contributed by atoms with Crippen molar-refractivity contribution in [2.24, 2.45) is 0 Å². The summed E-state index contributed by atoms with van der Waals surface area (Å²) in [5.74, 6) is 2.06. The zero-order valence-corrected chi connectivity index (χ0v) is 16.0. The molecule has 3 rings (SSSR count). The number of nitriles is 1. The Labute approximate surface area is 166 Å². The lowest BCUT2D eigenvalue weighted by molar-refractivity contribution is -0.113. The molecule has 0 spiro atoms. The fourth-order valence-electron chi connectivity index (χ4n) is 2.45. The van der Waals surface area contributed by atoms with Crippen LogP contribution in [0.5, 0.6) is 5.75 Å². The number of amides is 1. The Morgan fingerprint density at radius 1 is 1.29 bits per heavy atom. The Morgan fingerprint density at radius 2 is 2.14 bits per heavy atom. The fourth-order valence-corrected chi connectivity index (χ4v) is 3.10. The Bertz CT molecular complexity index is 997. The first-order valence-corrected chi connectivity index (χ1v) is 9.77. The summed E-state index contributed by atoms with van der Waals surface area (Å²) in [4.78, 5) is 16.4. The van der Waals surface area contributed by atoms with Gasteiger partial charge in [-0.2, -0.15) is 10.2 Å². The highest BCUT2D eigenvalue weighted by atomic mass is 32.2. The number of rotatable bonds is 8. The maximum absolute atomic E-state index is 12.0. The van der Waals surface area contributed by atoms with Crippen LogP contribution in [0.1, 0.15) is 18.4 Å². The van der Waals surface area contributed by atoms with E-state index in [0.717, 1.165) is 5.56 Å². The van der Waals surface area contributed by atoms with Crippen molar-refractivity contribution in [2.75, 3.05) is 17.7 Å². The van der Waals surface area contributed by atoms with E-state index in [1.54, 1.807) is 24.3 Å². The van der Waals surface area contributed by atoms with Crippen molar-refractivity contribution in [1.29, 1.82) is 5.26 Å². The molecule has 1 aromatic heterocycles. The van der Waals surface area contributed by atoms with Crippen LogP contribution in [0.15, 0.2) is 53.1 Å². The van der Waals surface area contributed by atoms with Crippen molar-refractivity contribution in [2.45, 2.75) is 12.7 Å². The molecule has 7 nitrogen and oxygen atoms in total. The van der Waals surface area contributed by atoms with Crippen LogP contribution in [0, 0.1) is 11.3 Å². The van der Waals surface area contributed by atoms with E-state index < -0.39 is 0 Å². The Kier molecular flexibility index (Phi) is 6.65. The molecule has 1 amide bonds. The van der Waals surface area contributed by atoms with Gasteiger partial charge in [0, 0.05) is 5.69 Å². The van der Waals surface area contributed by atoms with E-state index in [1.165, 1.54) is 11.8 Å². The first kappa shape index (κ1) is 19.5. The molecule has 0 radical (unpaired) electrons. The molecule has 3 aromatic rings. The van der Waals surface area contributed by atoms with Gasteiger partial charge in [-0.05, 0) is 37.3 Å². The van der Waals surface area contributed by atoms with Gasteiger partial charge in [-0.1, -0.05) is 23.4 Å². The van der Waals surface area contributed by atoms with Gasteiger partial charge in [0.25, 0.3) is 0 Å². The van der Waals surface area contributed by atoms with E-state index in [1.807, 2.05) is 37.3 Å². The molecular weight excluding hydrogens is 376 g/mol. The van der Waals surface area contributed by atoms with Crippen LogP contribution in [0.2, 0.25) is 0 Å². The lowest BCUT2D eigenvalue weighted by atomic mass is 10.2. The molecule has 0 saturated carbocycles. The summed E-state index contributed by atoms with van der Waals surface area (Å²) in [7, 11) is 0. The SMILES string of the molecule is CCOc1ccccc1-c1noc(CSCC(=O)Nc2cccc(C#N)c2)n1. The summed E-state index contributed by atoms with van der Waals surface area (Å²) >= 11 is 1.36. The molecule has 8 heteroatoms. The van der Waals surface area contributed by atoms with Crippen molar-refractivity contribution in [3.8, 4) is 23.2 Å². The van der Waals surface area contributed by atoms with E-state index in [0.29, 0.717) is 41.1 Å². The average Bonchev–Trinajstić information content (AvgIpc) is 3.17. The number of nitrogens with zero attached hydrogens (tertiary/aromatic N) is 3. The van der Waals surface area contributed by atoms with Crippen molar-refractivity contribution in [3.05, 3.63) is 60.0 Å². The van der Waals surface area contributed by atoms with Crippen LogP contribution in [-0.4, -0.2) is 28.4 Å². The maximum Gasteiger partial charge on any atom is 0.236 e. The van der Waals surface area contributed by atoms with E-state index >= 15 is 0 Å². The summed E-state index contributed by atoms with van der Waals surface area (Å²) in [6.45, 7) is 2.46. The molecule has 142 valence electrons. The minimum absolute atomic E-state index is 0.165. The summed E-state index contributed by atoms with van der Waals surface area (Å²) in [5, 5.41) is 15.7. The normalized spacial score (nSPS) is 10.3. The van der Waals surface area contributed by atoms with Gasteiger partial charge in [0.15, 0.2) is 0 Å². The monoisotopic (exact) mass is 394 g/mol. The quantitative estimate of drug-likeness (QED) is 0.619. The van der Waals surface area contributed by atoms with Gasteiger partial charge < -0.3 is 14.6 Å². The minimum atomic E-state index is -0.165. The molecule has 1 N–H and O–H groups in total. The first-order chi connectivity index (χ1) is 13.7. The fraction of sp³-hybridized carbons (Fsp3) is 0.200.